The molecule has 0 aliphatic rings. The van der Waals surface area contributed by atoms with Crippen molar-refractivity contribution < 1.29 is 13.2 Å². The molecule has 0 saturated heterocycles. The van der Waals surface area contributed by atoms with Crippen LogP contribution in [0, 0.1) is 6.92 Å². The maximum absolute atomic E-state index is 13.6. The fourth-order valence-corrected chi connectivity index (χ4v) is 5.34. The maximum Gasteiger partial charge on any atom is 0.183 e. The molecule has 190 valence electrons. The molecular formula is C22H26ClN9O3S. The number of hydrogen-bond donors (Lipinski definition) is 0. The fourth-order valence-electron chi connectivity index (χ4n) is 3.81. The van der Waals surface area contributed by atoms with Gasteiger partial charge >= 0.3 is 0 Å². The van der Waals surface area contributed by atoms with Gasteiger partial charge in [0.2, 0.25) is 0 Å². The van der Waals surface area contributed by atoms with Crippen LogP contribution in [0.5, 0.6) is 0 Å². The molecule has 0 radical (unpaired) electrons. The number of rotatable bonds is 9. The first-order valence-corrected chi connectivity index (χ1v) is 13.1. The average Bonchev–Trinajstić information content (AvgIpc) is 3.46. The van der Waals surface area contributed by atoms with Gasteiger partial charge in [-0.25, -0.2) is 28.4 Å². The van der Waals surface area contributed by atoms with Gasteiger partial charge in [0.1, 0.15) is 29.7 Å². The molecule has 12 nitrogen and oxygen atoms in total. The van der Waals surface area contributed by atoms with Crippen LogP contribution in [0.25, 0.3) is 11.5 Å². The molecule has 0 N–H and O–H groups in total. The van der Waals surface area contributed by atoms with Gasteiger partial charge in [0.05, 0.1) is 16.3 Å². The summed E-state index contributed by atoms with van der Waals surface area (Å²) in [4.78, 5) is 17.2. The minimum absolute atomic E-state index is 0.218. The Hall–Kier alpha value is -3.29. The predicted octanol–water partition coefficient (Wildman–Crippen LogP) is 2.52. The summed E-state index contributed by atoms with van der Waals surface area (Å²) in [6.07, 6.45) is 3.47. The third-order valence-corrected chi connectivity index (χ3v) is 7.97. The second-order valence-electron chi connectivity index (χ2n) is 8.35. The van der Waals surface area contributed by atoms with E-state index >= 15 is 0 Å². The number of halogens is 1. The molecule has 0 aliphatic carbocycles. The van der Waals surface area contributed by atoms with Crippen LogP contribution < -0.4 is 0 Å². The monoisotopic (exact) mass is 531 g/mol. The number of hydrogen-bond acceptors (Lipinski definition) is 10. The number of ether oxygens (including phenoxy) is 1. The van der Waals surface area contributed by atoms with E-state index in [2.05, 4.69) is 35.2 Å². The van der Waals surface area contributed by atoms with Gasteiger partial charge in [-0.15, -0.1) is 10.2 Å². The van der Waals surface area contributed by atoms with Gasteiger partial charge < -0.3 is 4.74 Å². The van der Waals surface area contributed by atoms with Crippen LogP contribution in [0.15, 0.2) is 36.9 Å². The lowest BCUT2D eigenvalue weighted by atomic mass is 10.2. The summed E-state index contributed by atoms with van der Waals surface area (Å²) >= 11 is 5.88. The molecule has 0 spiro atoms. The molecule has 0 aliphatic heterocycles. The lowest BCUT2D eigenvalue weighted by Crippen LogP contribution is -2.30. The summed E-state index contributed by atoms with van der Waals surface area (Å²) in [5.41, 5.74) is 1.35. The minimum atomic E-state index is -3.82. The Morgan fingerprint density at radius 2 is 1.81 bits per heavy atom. The van der Waals surface area contributed by atoms with Crippen LogP contribution in [-0.2, 0) is 27.4 Å². The van der Waals surface area contributed by atoms with Crippen molar-refractivity contribution in [3.63, 3.8) is 0 Å². The minimum Gasteiger partial charge on any atom is -0.372 e. The first kappa shape index (κ1) is 25.8. The third kappa shape index (κ3) is 5.27. The molecule has 4 heterocycles. The first-order valence-electron chi connectivity index (χ1n) is 11.1. The van der Waals surface area contributed by atoms with E-state index in [0.29, 0.717) is 22.4 Å². The van der Waals surface area contributed by atoms with Crippen LogP contribution in [0.1, 0.15) is 49.2 Å². The molecule has 0 unspecified atom stereocenters. The molecule has 0 amide bonds. The van der Waals surface area contributed by atoms with Gasteiger partial charge in [0.15, 0.2) is 27.3 Å². The molecule has 14 heteroatoms. The smallest absolute Gasteiger partial charge is 0.183 e. The molecule has 0 fully saturated rings. The Bertz CT molecular complexity index is 1450. The summed E-state index contributed by atoms with van der Waals surface area (Å²) in [6, 6.07) is 5.06. The highest BCUT2D eigenvalue weighted by atomic mass is 35.5. The van der Waals surface area contributed by atoms with E-state index in [0.717, 1.165) is 5.69 Å². The summed E-state index contributed by atoms with van der Waals surface area (Å²) in [5, 5.41) is 12.3. The normalized spacial score (nSPS) is 14.5. The lowest BCUT2D eigenvalue weighted by Gasteiger charge is -2.22. The second-order valence-corrected chi connectivity index (χ2v) is 11.1. The van der Waals surface area contributed by atoms with E-state index < -0.39 is 33.0 Å². The van der Waals surface area contributed by atoms with Gasteiger partial charge in [-0.2, -0.15) is 5.10 Å². The summed E-state index contributed by atoms with van der Waals surface area (Å²) in [6.45, 7) is 5.27. The Labute approximate surface area is 213 Å². The molecule has 0 aromatic carbocycles. The van der Waals surface area contributed by atoms with Crippen molar-refractivity contribution >= 4 is 21.4 Å². The number of methoxy groups -OCH3 is 1. The number of pyridine rings is 1. The number of aromatic nitrogens is 9. The predicted molar refractivity (Wildman–Crippen MR) is 132 cm³/mol. The highest BCUT2D eigenvalue weighted by Crippen LogP contribution is 2.29. The van der Waals surface area contributed by atoms with Gasteiger partial charge in [0.25, 0.3) is 0 Å². The summed E-state index contributed by atoms with van der Waals surface area (Å²) in [5.74, 6) is 0.947. The Balaban J connectivity index is 1.74. The highest BCUT2D eigenvalue weighted by molar-refractivity contribution is 7.91. The van der Waals surface area contributed by atoms with E-state index in [9.17, 15) is 8.42 Å². The first-order chi connectivity index (χ1) is 17.1. The second kappa shape index (κ2) is 10.4. The number of nitrogens with zero attached hydrogens (tertiary/aromatic N) is 9. The Morgan fingerprint density at radius 1 is 1.08 bits per heavy atom. The van der Waals surface area contributed by atoms with Crippen molar-refractivity contribution in [3.8, 4) is 11.5 Å². The van der Waals surface area contributed by atoms with Crippen LogP contribution in [0.3, 0.4) is 0 Å². The Kier molecular flexibility index (Phi) is 7.43. The van der Waals surface area contributed by atoms with Crippen LogP contribution in [-0.4, -0.2) is 65.3 Å². The van der Waals surface area contributed by atoms with Crippen molar-refractivity contribution in [3.05, 3.63) is 65.1 Å². The standard InChI is InChI=1S/C22H26ClN9O3S/c1-13-7-6-8-17(27-13)22-29-28-18(32(22)14(2)20-26-12-31(4)30-20)11-36(33,34)15(3)19(35-5)21-24-9-16(23)10-25-21/h6-10,12,14-15,19H,11H2,1-5H3/t14-,15-,19-/m0/s1. The zero-order valence-electron chi connectivity index (χ0n) is 20.4. The van der Waals surface area contributed by atoms with Crippen molar-refractivity contribution in [2.75, 3.05) is 7.11 Å². The van der Waals surface area contributed by atoms with Gasteiger partial charge in [-0.1, -0.05) is 17.7 Å². The molecule has 36 heavy (non-hydrogen) atoms. The third-order valence-electron chi connectivity index (χ3n) is 5.73. The maximum atomic E-state index is 13.6. The molecule has 4 aromatic heterocycles. The van der Waals surface area contributed by atoms with E-state index in [1.807, 2.05) is 26.0 Å². The fraction of sp³-hybridized carbons (Fsp3) is 0.409. The van der Waals surface area contributed by atoms with Crippen molar-refractivity contribution in [1.29, 1.82) is 0 Å². The average molecular weight is 532 g/mol. The summed E-state index contributed by atoms with van der Waals surface area (Å²) in [7, 11) is -0.651. The van der Waals surface area contributed by atoms with Crippen molar-refractivity contribution in [1.82, 2.24) is 44.5 Å². The van der Waals surface area contributed by atoms with E-state index in [1.165, 1.54) is 19.5 Å². The van der Waals surface area contributed by atoms with Gasteiger partial charge in [-0.05, 0) is 32.9 Å². The molecule has 4 aromatic rings. The van der Waals surface area contributed by atoms with Crippen LogP contribution >= 0.6 is 11.6 Å². The largest absolute Gasteiger partial charge is 0.372 e. The van der Waals surface area contributed by atoms with Gasteiger partial charge in [-0.3, -0.25) is 9.25 Å². The molecule has 0 saturated carbocycles. The molecule has 0 bridgehead atoms. The quantitative estimate of drug-likeness (QED) is 0.316. The van der Waals surface area contributed by atoms with E-state index in [4.69, 9.17) is 16.3 Å². The topological polar surface area (TPSA) is 143 Å². The zero-order chi connectivity index (χ0) is 26.0. The lowest BCUT2D eigenvalue weighted by molar-refractivity contribution is 0.0948. The molecule has 3 atom stereocenters. The van der Waals surface area contributed by atoms with Crippen LogP contribution in [0.2, 0.25) is 5.02 Å². The van der Waals surface area contributed by atoms with E-state index in [1.54, 1.807) is 35.6 Å². The Morgan fingerprint density at radius 3 is 2.42 bits per heavy atom. The highest BCUT2D eigenvalue weighted by Gasteiger charge is 2.35. The van der Waals surface area contributed by atoms with Crippen molar-refractivity contribution in [2.45, 2.75) is 43.9 Å². The molecule has 4 rings (SSSR count). The number of aryl methyl sites for hydroxylation is 2. The molecular weight excluding hydrogens is 506 g/mol. The zero-order valence-corrected chi connectivity index (χ0v) is 22.0. The number of sulfone groups is 1. The van der Waals surface area contributed by atoms with E-state index in [-0.39, 0.29) is 11.6 Å². The SMILES string of the molecule is CO[C@H](c1ncc(Cl)cn1)[C@H](C)S(=O)(=O)Cc1nnc(-c2cccc(C)n2)n1[C@@H](C)c1ncn(C)n1. The van der Waals surface area contributed by atoms with Crippen LogP contribution in [0.4, 0.5) is 0 Å². The summed E-state index contributed by atoms with van der Waals surface area (Å²) < 4.78 is 35.9. The van der Waals surface area contributed by atoms with Crippen molar-refractivity contribution in [2.24, 2.45) is 7.05 Å². The van der Waals surface area contributed by atoms with Gasteiger partial charge in [0, 0.05) is 32.2 Å².